The van der Waals surface area contributed by atoms with E-state index in [9.17, 15) is 0 Å². The monoisotopic (exact) mass is 251 g/mol. The number of hydrogen-bond donors (Lipinski definition) is 2. The predicted octanol–water partition coefficient (Wildman–Crippen LogP) is 3.24. The number of nitrogens with two attached hydrogens (primary N) is 1. The van der Waals surface area contributed by atoms with Gasteiger partial charge in [0.1, 0.15) is 5.82 Å². The first-order valence-corrected chi connectivity index (χ1v) is 6.51. The SMILES string of the molecule is Cc1cccc(CCc2nc3ccccc3[nH]2)c1N. The van der Waals surface area contributed by atoms with Crippen LogP contribution in [0, 0.1) is 6.92 Å². The average Bonchev–Trinajstić information content (AvgIpc) is 2.83. The summed E-state index contributed by atoms with van der Waals surface area (Å²) in [4.78, 5) is 7.93. The van der Waals surface area contributed by atoms with E-state index in [1.165, 1.54) is 5.56 Å². The van der Waals surface area contributed by atoms with Crippen LogP contribution in [0.25, 0.3) is 11.0 Å². The number of nitrogens with zero attached hydrogens (tertiary/aromatic N) is 1. The first-order valence-electron chi connectivity index (χ1n) is 6.51. The van der Waals surface area contributed by atoms with Crippen molar-refractivity contribution in [3.8, 4) is 0 Å². The highest BCUT2D eigenvalue weighted by Crippen LogP contribution is 2.19. The summed E-state index contributed by atoms with van der Waals surface area (Å²) in [6.07, 6.45) is 1.79. The van der Waals surface area contributed by atoms with Crippen molar-refractivity contribution >= 4 is 16.7 Å². The van der Waals surface area contributed by atoms with Gasteiger partial charge in [0.15, 0.2) is 0 Å². The zero-order chi connectivity index (χ0) is 13.2. The van der Waals surface area contributed by atoms with E-state index in [0.29, 0.717) is 0 Å². The van der Waals surface area contributed by atoms with Gasteiger partial charge in [0.2, 0.25) is 0 Å². The van der Waals surface area contributed by atoms with Gasteiger partial charge in [-0.2, -0.15) is 0 Å². The van der Waals surface area contributed by atoms with E-state index in [-0.39, 0.29) is 0 Å². The molecule has 1 aromatic heterocycles. The van der Waals surface area contributed by atoms with Gasteiger partial charge < -0.3 is 10.7 Å². The van der Waals surface area contributed by atoms with Crippen LogP contribution in [0.4, 0.5) is 5.69 Å². The molecule has 0 fully saturated rings. The van der Waals surface area contributed by atoms with E-state index in [1.807, 2.05) is 37.3 Å². The van der Waals surface area contributed by atoms with Gasteiger partial charge in [0, 0.05) is 12.1 Å². The van der Waals surface area contributed by atoms with E-state index < -0.39 is 0 Å². The molecule has 0 spiro atoms. The lowest BCUT2D eigenvalue weighted by Gasteiger charge is -2.06. The molecule has 0 saturated heterocycles. The van der Waals surface area contributed by atoms with Crippen LogP contribution in [0.5, 0.6) is 0 Å². The van der Waals surface area contributed by atoms with Gasteiger partial charge in [0.05, 0.1) is 11.0 Å². The Kier molecular flexibility index (Phi) is 2.95. The van der Waals surface area contributed by atoms with Crippen molar-refractivity contribution in [2.45, 2.75) is 19.8 Å². The summed E-state index contributed by atoms with van der Waals surface area (Å²) in [5, 5.41) is 0. The smallest absolute Gasteiger partial charge is 0.107 e. The molecule has 3 heteroatoms. The molecule has 0 saturated carbocycles. The molecule has 0 aliphatic carbocycles. The lowest BCUT2D eigenvalue weighted by molar-refractivity contribution is 0.891. The Bertz CT molecular complexity index is 680. The van der Waals surface area contributed by atoms with Gasteiger partial charge in [-0.1, -0.05) is 30.3 Å². The third-order valence-corrected chi connectivity index (χ3v) is 3.48. The van der Waals surface area contributed by atoms with Gasteiger partial charge in [-0.25, -0.2) is 4.98 Å². The minimum absolute atomic E-state index is 0.877. The Morgan fingerprint density at radius 1 is 1.05 bits per heavy atom. The lowest BCUT2D eigenvalue weighted by atomic mass is 10.0. The zero-order valence-corrected chi connectivity index (χ0v) is 11.0. The highest BCUT2D eigenvalue weighted by molar-refractivity contribution is 5.74. The molecule has 0 unspecified atom stereocenters. The van der Waals surface area contributed by atoms with Gasteiger partial charge in [-0.05, 0) is 36.6 Å². The number of nitrogen functional groups attached to an aromatic ring is 1. The highest BCUT2D eigenvalue weighted by atomic mass is 14.9. The quantitative estimate of drug-likeness (QED) is 0.702. The second-order valence-electron chi connectivity index (χ2n) is 4.85. The number of hydrogen-bond acceptors (Lipinski definition) is 2. The maximum atomic E-state index is 6.09. The number of H-pyrrole nitrogens is 1. The Morgan fingerprint density at radius 2 is 1.89 bits per heavy atom. The Morgan fingerprint density at radius 3 is 2.74 bits per heavy atom. The number of aromatic nitrogens is 2. The van der Waals surface area contributed by atoms with E-state index in [1.54, 1.807) is 0 Å². The fraction of sp³-hybridized carbons (Fsp3) is 0.188. The molecular weight excluding hydrogens is 234 g/mol. The summed E-state index contributed by atoms with van der Waals surface area (Å²) in [5.74, 6) is 1.02. The molecule has 0 aliphatic heterocycles. The lowest BCUT2D eigenvalue weighted by Crippen LogP contribution is -2.00. The molecule has 1 heterocycles. The van der Waals surface area contributed by atoms with Crippen molar-refractivity contribution in [3.05, 3.63) is 59.4 Å². The minimum atomic E-state index is 0.877. The van der Waals surface area contributed by atoms with E-state index >= 15 is 0 Å². The molecular formula is C16H17N3. The number of fused-ring (bicyclic) bond motifs is 1. The predicted molar refractivity (Wildman–Crippen MR) is 79.1 cm³/mol. The number of anilines is 1. The summed E-state index contributed by atoms with van der Waals surface area (Å²) in [6, 6.07) is 14.3. The summed E-state index contributed by atoms with van der Waals surface area (Å²) >= 11 is 0. The summed E-state index contributed by atoms with van der Waals surface area (Å²) in [6.45, 7) is 2.04. The van der Waals surface area contributed by atoms with Crippen LogP contribution in [0.15, 0.2) is 42.5 Å². The van der Waals surface area contributed by atoms with Crippen LogP contribution in [-0.2, 0) is 12.8 Å². The van der Waals surface area contributed by atoms with Crippen molar-refractivity contribution in [2.75, 3.05) is 5.73 Å². The largest absolute Gasteiger partial charge is 0.398 e. The summed E-state index contributed by atoms with van der Waals surface area (Å²) in [5.41, 5.74) is 11.4. The van der Waals surface area contributed by atoms with Crippen LogP contribution in [0.3, 0.4) is 0 Å². The number of imidazole rings is 1. The van der Waals surface area contributed by atoms with Crippen molar-refractivity contribution in [2.24, 2.45) is 0 Å². The number of aromatic amines is 1. The number of benzene rings is 2. The van der Waals surface area contributed by atoms with Crippen LogP contribution >= 0.6 is 0 Å². The standard InChI is InChI=1S/C16H17N3/c1-11-5-4-6-12(16(11)17)9-10-15-18-13-7-2-3-8-14(13)19-15/h2-8H,9-10,17H2,1H3,(H,18,19). The van der Waals surface area contributed by atoms with Crippen LogP contribution in [0.1, 0.15) is 17.0 Å². The Balaban J connectivity index is 1.80. The van der Waals surface area contributed by atoms with Crippen LogP contribution in [-0.4, -0.2) is 9.97 Å². The van der Waals surface area contributed by atoms with Crippen LogP contribution in [0.2, 0.25) is 0 Å². The maximum absolute atomic E-state index is 6.09. The van der Waals surface area contributed by atoms with E-state index in [4.69, 9.17) is 5.73 Å². The van der Waals surface area contributed by atoms with E-state index in [2.05, 4.69) is 22.1 Å². The summed E-state index contributed by atoms with van der Waals surface area (Å²) in [7, 11) is 0. The highest BCUT2D eigenvalue weighted by Gasteiger charge is 2.05. The van der Waals surface area contributed by atoms with Gasteiger partial charge in [-0.3, -0.25) is 0 Å². The van der Waals surface area contributed by atoms with Gasteiger partial charge in [-0.15, -0.1) is 0 Å². The van der Waals surface area contributed by atoms with Crippen LogP contribution < -0.4 is 5.73 Å². The van der Waals surface area contributed by atoms with Crippen molar-refractivity contribution in [3.63, 3.8) is 0 Å². The number of rotatable bonds is 3. The molecule has 3 rings (SSSR count). The Hall–Kier alpha value is -2.29. The normalized spacial score (nSPS) is 11.0. The van der Waals surface area contributed by atoms with Crippen molar-refractivity contribution < 1.29 is 0 Å². The average molecular weight is 251 g/mol. The number of nitrogens with one attached hydrogen (secondary N) is 1. The third-order valence-electron chi connectivity index (χ3n) is 3.48. The van der Waals surface area contributed by atoms with Gasteiger partial charge in [0.25, 0.3) is 0 Å². The molecule has 19 heavy (non-hydrogen) atoms. The van der Waals surface area contributed by atoms with E-state index in [0.717, 1.165) is 41.0 Å². The molecule has 96 valence electrons. The molecule has 0 aliphatic rings. The number of aryl methyl sites for hydroxylation is 3. The number of para-hydroxylation sites is 3. The fourth-order valence-corrected chi connectivity index (χ4v) is 2.34. The first-order chi connectivity index (χ1) is 9.24. The van der Waals surface area contributed by atoms with Crippen molar-refractivity contribution in [1.82, 2.24) is 9.97 Å². The first kappa shape index (κ1) is 11.8. The molecule has 3 aromatic rings. The van der Waals surface area contributed by atoms with Crippen molar-refractivity contribution in [1.29, 1.82) is 0 Å². The minimum Gasteiger partial charge on any atom is -0.398 e. The second kappa shape index (κ2) is 4.76. The Labute approximate surface area is 112 Å². The second-order valence-corrected chi connectivity index (χ2v) is 4.85. The fourth-order valence-electron chi connectivity index (χ4n) is 2.34. The maximum Gasteiger partial charge on any atom is 0.107 e. The zero-order valence-electron chi connectivity index (χ0n) is 11.0. The molecule has 0 radical (unpaired) electrons. The molecule has 0 bridgehead atoms. The molecule has 2 aromatic carbocycles. The molecule has 0 amide bonds. The third kappa shape index (κ3) is 2.32. The topological polar surface area (TPSA) is 54.7 Å². The summed E-state index contributed by atoms with van der Waals surface area (Å²) < 4.78 is 0. The van der Waals surface area contributed by atoms with Gasteiger partial charge >= 0.3 is 0 Å². The molecule has 3 N–H and O–H groups in total. The molecule has 3 nitrogen and oxygen atoms in total. The molecule has 0 atom stereocenters.